The quantitative estimate of drug-likeness (QED) is 0.155. The minimum atomic E-state index is -3.99. The maximum absolute atomic E-state index is 15.2. The van der Waals surface area contributed by atoms with Gasteiger partial charge in [0.1, 0.15) is 17.7 Å². The first-order chi connectivity index (χ1) is 29.8. The molecule has 0 radical (unpaired) electrons. The number of furan rings is 1. The van der Waals surface area contributed by atoms with Crippen LogP contribution in [0.2, 0.25) is 0 Å². The molecule has 0 bridgehead atoms. The summed E-state index contributed by atoms with van der Waals surface area (Å²) in [6.45, 7) is 15.0. The molecule has 2 spiro atoms. The molecule has 4 aliphatic carbocycles. The molecule has 6 atom stereocenters. The van der Waals surface area contributed by atoms with Crippen molar-refractivity contribution in [2.45, 2.75) is 149 Å². The van der Waals surface area contributed by atoms with E-state index in [1.165, 1.54) is 4.31 Å². The van der Waals surface area contributed by atoms with Crippen molar-refractivity contribution in [1.82, 2.24) is 29.2 Å². The van der Waals surface area contributed by atoms with E-state index in [-0.39, 0.29) is 58.5 Å². The molecule has 4 amide bonds. The Morgan fingerprint density at radius 1 is 0.952 bits per heavy atom. The molecule has 6 aliphatic rings. The molecule has 8 rings (SSSR count). The monoisotopic (exact) mass is 887 g/mol. The van der Waals surface area contributed by atoms with Crippen molar-refractivity contribution in [2.75, 3.05) is 19.6 Å². The number of carbonyl (C=O) groups excluding carboxylic acids is 5. The van der Waals surface area contributed by atoms with Gasteiger partial charge in [0, 0.05) is 42.4 Å². The molecular weight excluding hydrogens is 821 g/mol. The minimum absolute atomic E-state index is 0.0433. The first kappa shape index (κ1) is 45.2. The van der Waals surface area contributed by atoms with E-state index in [9.17, 15) is 27.6 Å². The number of carbonyl (C=O) groups is 5. The lowest BCUT2D eigenvalue weighted by Crippen LogP contribution is -2.61. The van der Waals surface area contributed by atoms with Gasteiger partial charge in [-0.2, -0.15) is 12.7 Å². The van der Waals surface area contributed by atoms with Crippen LogP contribution in [-0.4, -0.2) is 97.7 Å². The largest absolute Gasteiger partial charge is 0.464 e. The molecule has 1 aromatic heterocycles. The number of ketones is 1. The number of nitrogens with one attached hydrogen (secondary N) is 3. The molecule has 15 heteroatoms. The van der Waals surface area contributed by atoms with E-state index in [1.54, 1.807) is 41.6 Å². The van der Waals surface area contributed by atoms with Gasteiger partial charge < -0.3 is 20.0 Å². The second-order valence-electron chi connectivity index (χ2n) is 21.3. The molecular formula is C48H67N6O8S+. The van der Waals surface area contributed by atoms with Crippen molar-refractivity contribution in [1.29, 1.82) is 0 Å². The first-order valence-corrected chi connectivity index (χ1v) is 24.8. The Balaban J connectivity index is 1.01. The lowest BCUT2D eigenvalue weighted by Gasteiger charge is -2.38. The van der Waals surface area contributed by atoms with E-state index in [0.717, 1.165) is 69.6 Å². The molecule has 63 heavy (non-hydrogen) atoms. The van der Waals surface area contributed by atoms with Crippen LogP contribution >= 0.6 is 0 Å². The van der Waals surface area contributed by atoms with Crippen molar-refractivity contribution in [2.24, 2.45) is 38.9 Å². The third kappa shape index (κ3) is 7.87. The van der Waals surface area contributed by atoms with E-state index in [2.05, 4.69) is 40.6 Å². The van der Waals surface area contributed by atoms with Gasteiger partial charge in [-0.15, -0.1) is 4.67 Å². The molecule has 1 aromatic carbocycles. The van der Waals surface area contributed by atoms with E-state index < -0.39 is 51.0 Å². The van der Waals surface area contributed by atoms with Crippen molar-refractivity contribution in [3.63, 3.8) is 0 Å². The highest BCUT2D eigenvalue weighted by Crippen LogP contribution is 2.88. The molecule has 6 unspecified atom stereocenters. The normalized spacial score (nSPS) is 28.5. The van der Waals surface area contributed by atoms with Crippen LogP contribution in [-0.2, 0) is 29.4 Å². The molecule has 4 saturated carbocycles. The molecule has 14 nitrogen and oxygen atoms in total. The first-order valence-electron chi connectivity index (χ1n) is 23.3. The molecule has 2 saturated heterocycles. The Labute approximate surface area is 372 Å². The number of benzene rings is 1. The lowest BCUT2D eigenvalue weighted by molar-refractivity contribution is -0.144. The summed E-state index contributed by atoms with van der Waals surface area (Å²) in [5.74, 6) is -2.17. The number of amides is 4. The summed E-state index contributed by atoms with van der Waals surface area (Å²) in [4.78, 5) is 73.8. The lowest BCUT2D eigenvalue weighted by atomic mass is 9.73. The second-order valence-corrected chi connectivity index (χ2v) is 23.0. The van der Waals surface area contributed by atoms with Gasteiger partial charge in [-0.3, -0.25) is 24.0 Å². The van der Waals surface area contributed by atoms with Crippen molar-refractivity contribution in [3.05, 3.63) is 36.1 Å². The number of fused-ring (bicyclic) bond motifs is 2. The summed E-state index contributed by atoms with van der Waals surface area (Å²) in [6.07, 6.45) is 14.0. The highest BCUT2D eigenvalue weighted by atomic mass is 32.2. The van der Waals surface area contributed by atoms with Gasteiger partial charge in [-0.25, -0.2) is 4.72 Å². The van der Waals surface area contributed by atoms with Gasteiger partial charge in [0.05, 0.1) is 23.6 Å². The second kappa shape index (κ2) is 16.6. The van der Waals surface area contributed by atoms with Crippen molar-refractivity contribution in [3.8, 4) is 0 Å². The van der Waals surface area contributed by atoms with Crippen LogP contribution in [0.15, 0.2) is 34.9 Å². The Kier molecular flexibility index (Phi) is 11.9. The summed E-state index contributed by atoms with van der Waals surface area (Å²) in [6, 6.07) is 4.38. The fourth-order valence-corrected chi connectivity index (χ4v) is 13.9. The Morgan fingerprint density at radius 3 is 2.30 bits per heavy atom. The number of hydrogen-bond acceptors (Lipinski definition) is 8. The third-order valence-corrected chi connectivity index (χ3v) is 18.3. The number of nitrogens with zero attached hydrogens (tertiary/aromatic N) is 3. The minimum Gasteiger partial charge on any atom is -0.464 e. The van der Waals surface area contributed by atoms with Crippen LogP contribution in [0.5, 0.6) is 0 Å². The summed E-state index contributed by atoms with van der Waals surface area (Å²) in [5.41, 5.74) is -0.983. The molecule has 3 N–H and O–H groups in total. The predicted octanol–water partition coefficient (Wildman–Crippen LogP) is 5.48. The van der Waals surface area contributed by atoms with Gasteiger partial charge in [0.2, 0.25) is 17.7 Å². The average molecular weight is 888 g/mol. The van der Waals surface area contributed by atoms with Gasteiger partial charge in [-0.05, 0) is 111 Å². The van der Waals surface area contributed by atoms with Gasteiger partial charge in [-0.1, -0.05) is 60.3 Å². The number of rotatable bonds is 15. The Morgan fingerprint density at radius 2 is 1.67 bits per heavy atom. The van der Waals surface area contributed by atoms with Crippen LogP contribution in [0.1, 0.15) is 141 Å². The van der Waals surface area contributed by atoms with E-state index in [0.29, 0.717) is 50.0 Å². The van der Waals surface area contributed by atoms with Crippen LogP contribution in [0, 0.1) is 38.9 Å². The Bertz CT molecular complexity index is 2310. The maximum atomic E-state index is 15.2. The molecule has 3 heterocycles. The van der Waals surface area contributed by atoms with Crippen LogP contribution in [0.3, 0.4) is 0 Å². The zero-order valence-electron chi connectivity index (χ0n) is 37.8. The number of Topliss-reactive ketones (excluding diaryl/α,β-unsaturated/α-hetero) is 1. The number of likely N-dealkylation sites (tertiary alicyclic amines) is 1. The topological polar surface area (TPSA) is 189 Å². The fraction of sp³-hybridized carbons (Fsp3) is 0.688. The van der Waals surface area contributed by atoms with Crippen LogP contribution in [0.25, 0.3) is 11.0 Å². The highest BCUT2D eigenvalue weighted by molar-refractivity contribution is 7.87. The maximum Gasteiger partial charge on any atom is 0.303 e. The van der Waals surface area contributed by atoms with Crippen molar-refractivity contribution >= 4 is 63.5 Å². The SMILES string of the molecule is C=[N+]=CC1CC1(CCCC(=O)C1CC2(CN1C(=O)C(NC(=O)C(NC(=O)c1ccc3occc3c1)C1CCCCC1)C(C)(C)C)C(C)(C)C21CCC1)C(=O)NS(=O)(=O)N1CCCC1. The van der Waals surface area contributed by atoms with E-state index in [4.69, 9.17) is 4.42 Å². The fourth-order valence-electron chi connectivity index (χ4n) is 12.6. The zero-order chi connectivity index (χ0) is 45.2. The average Bonchev–Trinajstić information content (AvgIpc) is 3.63. The highest BCUT2D eigenvalue weighted by Gasteiger charge is 2.85. The van der Waals surface area contributed by atoms with E-state index in [1.807, 2.05) is 20.8 Å². The van der Waals surface area contributed by atoms with Crippen molar-refractivity contribution < 1.29 is 36.8 Å². The molecule has 2 aliphatic heterocycles. The zero-order valence-corrected chi connectivity index (χ0v) is 38.6. The summed E-state index contributed by atoms with van der Waals surface area (Å²) in [7, 11) is -3.99. The molecule has 342 valence electrons. The molecule has 2 aromatic rings. The van der Waals surface area contributed by atoms with Gasteiger partial charge in [0.15, 0.2) is 5.78 Å². The Hall–Kier alpha value is -4.33. The van der Waals surface area contributed by atoms with Crippen LogP contribution < -0.4 is 20.0 Å². The predicted molar refractivity (Wildman–Crippen MR) is 241 cm³/mol. The summed E-state index contributed by atoms with van der Waals surface area (Å²) in [5, 5.41) is 6.99. The summed E-state index contributed by atoms with van der Waals surface area (Å²) >= 11 is 0. The molecule has 6 fully saturated rings. The van der Waals surface area contributed by atoms with E-state index >= 15 is 4.79 Å². The smallest absolute Gasteiger partial charge is 0.303 e. The van der Waals surface area contributed by atoms with Gasteiger partial charge in [0.25, 0.3) is 18.8 Å². The number of hydrogen-bond donors (Lipinski definition) is 3. The van der Waals surface area contributed by atoms with Crippen LogP contribution in [0.4, 0.5) is 0 Å². The summed E-state index contributed by atoms with van der Waals surface area (Å²) < 4.78 is 39.2. The standard InChI is InChI=1S/C48H66N6O8S/c1-44(2,3)39(51-41(57)38(31-14-8-7-9-15-31)50-40(56)33-17-18-37-32(26-33)19-25-62-37)42(58)54-30-48(45(4,5)47(48)21-13-22-47)28-35(54)36(55)16-12-20-46(27-34(46)29-49-6)43(59)52-63(60,61)53-23-10-11-24-53/h17-19,25-26,29,31,34-35,38-39H,6-16,20-24,27-28,30H2,1-5H3,(H2-,50,51,52,56,57,59)/p+1. The third-order valence-electron chi connectivity index (χ3n) is 16.8. The van der Waals surface area contributed by atoms with Gasteiger partial charge >= 0.3 is 10.2 Å².